The average molecular weight is 448 g/mol. The molecule has 0 aromatic heterocycles. The van der Waals surface area contributed by atoms with Gasteiger partial charge in [-0.15, -0.1) is 0 Å². The molecule has 0 bridgehead atoms. The molecule has 0 spiro atoms. The highest BCUT2D eigenvalue weighted by molar-refractivity contribution is 6.00. The summed E-state index contributed by atoms with van der Waals surface area (Å²) in [6, 6.07) is 17.2. The van der Waals surface area contributed by atoms with Gasteiger partial charge in [0.05, 0.1) is 0 Å². The molecule has 2 N–H and O–H groups in total. The maximum absolute atomic E-state index is 13.7. The van der Waals surface area contributed by atoms with Crippen molar-refractivity contribution in [1.82, 2.24) is 15.5 Å². The minimum Gasteiger partial charge on any atom is -0.355 e. The first-order valence-corrected chi connectivity index (χ1v) is 12.5. The first-order valence-electron chi connectivity index (χ1n) is 12.5. The van der Waals surface area contributed by atoms with Gasteiger partial charge < -0.3 is 15.5 Å². The van der Waals surface area contributed by atoms with Gasteiger partial charge in [0.15, 0.2) is 0 Å². The van der Waals surface area contributed by atoms with E-state index >= 15 is 0 Å². The lowest BCUT2D eigenvalue weighted by molar-refractivity contribution is -0.125. The molecule has 0 saturated carbocycles. The second kappa shape index (κ2) is 10.5. The number of carbonyl (C=O) groups is 2. The first kappa shape index (κ1) is 23.5. The van der Waals surface area contributed by atoms with Gasteiger partial charge in [-0.05, 0) is 60.9 Å². The fourth-order valence-corrected chi connectivity index (χ4v) is 5.66. The molecule has 5 heteroatoms. The SMILES string of the molecule is CCCNC(=O)C1(CCCCN2CCC(NC(C)=O)CC2)c2ccccc2-c2ccccc21. The molecular formula is C28H37N3O2. The van der Waals surface area contributed by atoms with Crippen LogP contribution in [0.2, 0.25) is 0 Å². The van der Waals surface area contributed by atoms with Crippen molar-refractivity contribution in [3.63, 3.8) is 0 Å². The summed E-state index contributed by atoms with van der Waals surface area (Å²) in [7, 11) is 0. The van der Waals surface area contributed by atoms with Gasteiger partial charge in [-0.3, -0.25) is 9.59 Å². The van der Waals surface area contributed by atoms with Crippen LogP contribution >= 0.6 is 0 Å². The van der Waals surface area contributed by atoms with E-state index < -0.39 is 5.41 Å². The van der Waals surface area contributed by atoms with Crippen molar-refractivity contribution in [1.29, 1.82) is 0 Å². The Morgan fingerprint density at radius 1 is 0.970 bits per heavy atom. The minimum absolute atomic E-state index is 0.0669. The normalized spacial score (nSPS) is 17.3. The number of amides is 2. The number of nitrogens with one attached hydrogen (secondary N) is 2. The molecule has 2 amide bonds. The Kier molecular flexibility index (Phi) is 7.49. The molecule has 1 aliphatic carbocycles. The Labute approximate surface area is 197 Å². The third-order valence-electron chi connectivity index (χ3n) is 7.26. The van der Waals surface area contributed by atoms with Crippen molar-refractivity contribution in [3.8, 4) is 11.1 Å². The molecule has 176 valence electrons. The van der Waals surface area contributed by atoms with Crippen molar-refractivity contribution in [2.24, 2.45) is 0 Å². The van der Waals surface area contributed by atoms with E-state index in [1.165, 1.54) is 11.1 Å². The number of piperidine rings is 1. The summed E-state index contributed by atoms with van der Waals surface area (Å²) in [5.41, 5.74) is 4.08. The predicted molar refractivity (Wildman–Crippen MR) is 133 cm³/mol. The summed E-state index contributed by atoms with van der Waals surface area (Å²) >= 11 is 0. The smallest absolute Gasteiger partial charge is 0.235 e. The molecule has 4 rings (SSSR count). The van der Waals surface area contributed by atoms with Crippen LogP contribution in [0.15, 0.2) is 48.5 Å². The van der Waals surface area contributed by atoms with E-state index in [1.807, 2.05) is 0 Å². The number of benzene rings is 2. The maximum atomic E-state index is 13.7. The minimum atomic E-state index is -0.610. The second-order valence-corrected chi connectivity index (χ2v) is 9.53. The van der Waals surface area contributed by atoms with Crippen molar-refractivity contribution >= 4 is 11.8 Å². The van der Waals surface area contributed by atoms with E-state index in [0.717, 1.165) is 69.3 Å². The molecule has 1 fully saturated rings. The number of rotatable bonds is 9. The lowest BCUT2D eigenvalue weighted by Crippen LogP contribution is -2.45. The van der Waals surface area contributed by atoms with Gasteiger partial charge in [0, 0.05) is 32.6 Å². The number of hydrogen-bond donors (Lipinski definition) is 2. The number of unbranched alkanes of at least 4 members (excludes halogenated alkanes) is 1. The molecule has 33 heavy (non-hydrogen) atoms. The van der Waals surface area contributed by atoms with Gasteiger partial charge in [0.1, 0.15) is 5.41 Å². The highest BCUT2D eigenvalue weighted by Gasteiger charge is 2.48. The van der Waals surface area contributed by atoms with Gasteiger partial charge in [0.25, 0.3) is 0 Å². The van der Waals surface area contributed by atoms with E-state index in [2.05, 4.69) is 71.0 Å². The fraction of sp³-hybridized carbons (Fsp3) is 0.500. The standard InChI is InChI=1S/C28H37N3O2/c1-3-17-29-27(33)28(16-8-9-18-31-19-14-22(15-20-31)30-21(2)32)25-12-6-4-10-23(25)24-11-5-7-13-26(24)28/h4-7,10-13,22H,3,8-9,14-20H2,1-2H3,(H,29,33)(H,30,32). The largest absolute Gasteiger partial charge is 0.355 e. The number of likely N-dealkylation sites (tertiary alicyclic amines) is 1. The van der Waals surface area contributed by atoms with Gasteiger partial charge >= 0.3 is 0 Å². The van der Waals surface area contributed by atoms with Crippen LogP contribution in [-0.2, 0) is 15.0 Å². The Hall–Kier alpha value is -2.66. The Balaban J connectivity index is 1.46. The van der Waals surface area contributed by atoms with Crippen LogP contribution in [0.25, 0.3) is 11.1 Å². The van der Waals surface area contributed by atoms with E-state index in [4.69, 9.17) is 0 Å². The van der Waals surface area contributed by atoms with Gasteiger partial charge in [-0.1, -0.05) is 61.9 Å². The van der Waals surface area contributed by atoms with Crippen LogP contribution < -0.4 is 10.6 Å². The second-order valence-electron chi connectivity index (χ2n) is 9.53. The monoisotopic (exact) mass is 447 g/mol. The summed E-state index contributed by atoms with van der Waals surface area (Å²) in [5.74, 6) is 0.204. The molecule has 0 radical (unpaired) electrons. The quantitative estimate of drug-likeness (QED) is 0.565. The topological polar surface area (TPSA) is 61.4 Å². The average Bonchev–Trinajstić information content (AvgIpc) is 3.12. The first-order chi connectivity index (χ1) is 16.1. The van der Waals surface area contributed by atoms with Crippen molar-refractivity contribution in [2.75, 3.05) is 26.2 Å². The highest BCUT2D eigenvalue weighted by atomic mass is 16.2. The predicted octanol–water partition coefficient (Wildman–Crippen LogP) is 4.25. The summed E-state index contributed by atoms with van der Waals surface area (Å²) in [6.07, 6.45) is 5.84. The van der Waals surface area contributed by atoms with Gasteiger partial charge in [0.2, 0.25) is 11.8 Å². The van der Waals surface area contributed by atoms with Crippen LogP contribution in [0.3, 0.4) is 0 Å². The third-order valence-corrected chi connectivity index (χ3v) is 7.26. The lowest BCUT2D eigenvalue weighted by Gasteiger charge is -2.33. The summed E-state index contributed by atoms with van der Waals surface area (Å²) in [5, 5.41) is 6.27. The van der Waals surface area contributed by atoms with Crippen LogP contribution in [0, 0.1) is 0 Å². The van der Waals surface area contributed by atoms with E-state index in [1.54, 1.807) is 6.92 Å². The molecule has 2 aromatic rings. The summed E-state index contributed by atoms with van der Waals surface area (Å²) in [4.78, 5) is 27.5. The van der Waals surface area contributed by atoms with Crippen LogP contribution in [0.1, 0.15) is 63.5 Å². The van der Waals surface area contributed by atoms with Gasteiger partial charge in [-0.2, -0.15) is 0 Å². The molecule has 2 aromatic carbocycles. The maximum Gasteiger partial charge on any atom is 0.235 e. The lowest BCUT2D eigenvalue weighted by atomic mass is 9.73. The molecule has 1 saturated heterocycles. The zero-order valence-electron chi connectivity index (χ0n) is 20.0. The van der Waals surface area contributed by atoms with Crippen molar-refractivity contribution in [3.05, 3.63) is 59.7 Å². The van der Waals surface area contributed by atoms with Gasteiger partial charge in [-0.25, -0.2) is 0 Å². The number of nitrogens with zero attached hydrogens (tertiary/aromatic N) is 1. The Bertz CT molecular complexity index is 933. The van der Waals surface area contributed by atoms with E-state index in [0.29, 0.717) is 12.6 Å². The summed E-state index contributed by atoms with van der Waals surface area (Å²) < 4.78 is 0. The van der Waals surface area contributed by atoms with Crippen molar-refractivity contribution in [2.45, 2.75) is 63.8 Å². The number of carbonyl (C=O) groups excluding carboxylic acids is 2. The molecule has 0 atom stereocenters. The molecule has 2 aliphatic rings. The zero-order valence-corrected chi connectivity index (χ0v) is 20.0. The Morgan fingerprint density at radius 2 is 1.58 bits per heavy atom. The van der Waals surface area contributed by atoms with Crippen LogP contribution in [0.5, 0.6) is 0 Å². The number of fused-ring (bicyclic) bond motifs is 3. The fourth-order valence-electron chi connectivity index (χ4n) is 5.66. The highest BCUT2D eigenvalue weighted by Crippen LogP contribution is 2.51. The zero-order chi connectivity index (χ0) is 23.3. The van der Waals surface area contributed by atoms with E-state index in [9.17, 15) is 9.59 Å². The molecule has 1 heterocycles. The molecule has 0 unspecified atom stereocenters. The molecule has 5 nitrogen and oxygen atoms in total. The van der Waals surface area contributed by atoms with Crippen LogP contribution in [-0.4, -0.2) is 48.9 Å². The van der Waals surface area contributed by atoms with Crippen molar-refractivity contribution < 1.29 is 9.59 Å². The third kappa shape index (κ3) is 4.84. The van der Waals surface area contributed by atoms with E-state index in [-0.39, 0.29) is 11.8 Å². The number of hydrogen-bond acceptors (Lipinski definition) is 3. The molecular weight excluding hydrogens is 410 g/mol. The Morgan fingerprint density at radius 3 is 2.15 bits per heavy atom. The van der Waals surface area contributed by atoms with Crippen LogP contribution in [0.4, 0.5) is 0 Å². The summed E-state index contributed by atoms with van der Waals surface area (Å²) in [6.45, 7) is 7.49. The molecule has 1 aliphatic heterocycles.